The van der Waals surface area contributed by atoms with E-state index in [0.29, 0.717) is 0 Å². The van der Waals surface area contributed by atoms with Gasteiger partial charge in [0.25, 0.3) is 0 Å². The number of nitrogens with zero attached hydrogens (tertiary/aromatic N) is 2. The third-order valence-electron chi connectivity index (χ3n) is 4.27. The lowest BCUT2D eigenvalue weighted by molar-refractivity contribution is 0.936. The number of aromatic nitrogens is 2. The molecule has 0 aliphatic heterocycles. The molecule has 2 nitrogen and oxygen atoms in total. The molecule has 0 spiro atoms. The fourth-order valence-electron chi connectivity index (χ4n) is 3.20. The number of imidazole rings is 1. The van der Waals surface area contributed by atoms with Gasteiger partial charge in [-0.2, -0.15) is 0 Å². The van der Waals surface area contributed by atoms with Gasteiger partial charge in [-0.1, -0.05) is 42.5 Å². The predicted molar refractivity (Wildman–Crippen MR) is 97.1 cm³/mol. The number of halogens is 1. The number of benzene rings is 2. The van der Waals surface area contributed by atoms with Gasteiger partial charge in [-0.3, -0.25) is 4.40 Å². The van der Waals surface area contributed by atoms with E-state index in [4.69, 9.17) is 16.6 Å². The Morgan fingerprint density at radius 2 is 1.74 bits per heavy atom. The molecule has 0 saturated heterocycles. The van der Waals surface area contributed by atoms with Crippen LogP contribution in [0.3, 0.4) is 0 Å². The summed E-state index contributed by atoms with van der Waals surface area (Å²) in [5, 5.41) is 2.33. The number of rotatable bonds is 2. The largest absolute Gasteiger partial charge is 0.299 e. The highest BCUT2D eigenvalue weighted by Gasteiger charge is 2.19. The lowest BCUT2D eigenvalue weighted by Crippen LogP contribution is -1.98. The minimum Gasteiger partial charge on any atom is -0.299 e. The van der Waals surface area contributed by atoms with E-state index in [9.17, 15) is 0 Å². The van der Waals surface area contributed by atoms with Crippen molar-refractivity contribution in [1.29, 1.82) is 0 Å². The Kier molecular flexibility index (Phi) is 3.35. The van der Waals surface area contributed by atoms with Gasteiger partial charge >= 0.3 is 0 Å². The van der Waals surface area contributed by atoms with Crippen LogP contribution in [0.1, 0.15) is 23.7 Å². The van der Waals surface area contributed by atoms with Crippen molar-refractivity contribution in [2.24, 2.45) is 0 Å². The second-order valence-electron chi connectivity index (χ2n) is 5.88. The fraction of sp³-hybridized carbons (Fsp3) is 0.150. The molecule has 4 rings (SSSR count). The van der Waals surface area contributed by atoms with E-state index >= 15 is 0 Å². The van der Waals surface area contributed by atoms with Crippen LogP contribution >= 0.6 is 11.6 Å². The number of hydrogen-bond acceptors (Lipinski definition) is 1. The predicted octanol–water partition coefficient (Wildman–Crippen LogP) is 5.76. The zero-order valence-electron chi connectivity index (χ0n) is 13.1. The Bertz CT molecular complexity index is 1010. The highest BCUT2D eigenvalue weighted by molar-refractivity contribution is 6.20. The van der Waals surface area contributed by atoms with Crippen LogP contribution in [-0.4, -0.2) is 9.38 Å². The van der Waals surface area contributed by atoms with Crippen LogP contribution in [0.2, 0.25) is 0 Å². The van der Waals surface area contributed by atoms with E-state index in [1.54, 1.807) is 0 Å². The molecule has 0 bridgehead atoms. The van der Waals surface area contributed by atoms with Crippen molar-refractivity contribution in [3.63, 3.8) is 0 Å². The summed E-state index contributed by atoms with van der Waals surface area (Å²) in [5.74, 6) is 0. The molecule has 0 aliphatic rings. The molecule has 2 heterocycles. The first-order valence-electron chi connectivity index (χ1n) is 7.76. The van der Waals surface area contributed by atoms with Crippen molar-refractivity contribution < 1.29 is 0 Å². The molecule has 0 amide bonds. The summed E-state index contributed by atoms with van der Waals surface area (Å²) in [6.45, 7) is 4.09. The van der Waals surface area contributed by atoms with Gasteiger partial charge < -0.3 is 0 Å². The van der Waals surface area contributed by atoms with Crippen molar-refractivity contribution in [1.82, 2.24) is 9.38 Å². The molecule has 114 valence electrons. The summed E-state index contributed by atoms with van der Waals surface area (Å²) in [5.41, 5.74) is 5.21. The van der Waals surface area contributed by atoms with Crippen LogP contribution in [0.5, 0.6) is 0 Å². The van der Waals surface area contributed by atoms with E-state index < -0.39 is 0 Å². The van der Waals surface area contributed by atoms with Gasteiger partial charge in [0.1, 0.15) is 5.65 Å². The van der Waals surface area contributed by atoms with Gasteiger partial charge in [0.05, 0.1) is 16.8 Å². The van der Waals surface area contributed by atoms with E-state index in [2.05, 4.69) is 59.9 Å². The van der Waals surface area contributed by atoms with Crippen LogP contribution in [0, 0.1) is 6.92 Å². The topological polar surface area (TPSA) is 17.3 Å². The minimum atomic E-state index is -0.118. The zero-order chi connectivity index (χ0) is 16.0. The molecule has 0 saturated carbocycles. The SMILES string of the molecule is Cc1cccc2nc(-c3ccc4ccccc4c3)c(C(C)Cl)n12. The number of hydrogen-bond donors (Lipinski definition) is 0. The third kappa shape index (κ3) is 2.30. The van der Waals surface area contributed by atoms with Crippen LogP contribution in [0.15, 0.2) is 60.7 Å². The number of pyridine rings is 1. The molecule has 23 heavy (non-hydrogen) atoms. The molecule has 1 unspecified atom stereocenters. The maximum atomic E-state index is 6.51. The summed E-state index contributed by atoms with van der Waals surface area (Å²) in [4.78, 5) is 4.85. The molecule has 3 heteroatoms. The van der Waals surface area contributed by atoms with Gasteiger partial charge in [-0.15, -0.1) is 11.6 Å². The van der Waals surface area contributed by atoms with E-state index in [-0.39, 0.29) is 5.38 Å². The third-order valence-corrected chi connectivity index (χ3v) is 4.48. The smallest absolute Gasteiger partial charge is 0.137 e. The van der Waals surface area contributed by atoms with Crippen molar-refractivity contribution >= 4 is 28.0 Å². The molecule has 4 aromatic rings. The minimum absolute atomic E-state index is 0.118. The van der Waals surface area contributed by atoms with Crippen LogP contribution in [0.25, 0.3) is 27.7 Å². The Balaban J connectivity index is 2.03. The summed E-state index contributed by atoms with van der Waals surface area (Å²) < 4.78 is 2.15. The number of fused-ring (bicyclic) bond motifs is 2. The Labute approximate surface area is 140 Å². The number of alkyl halides is 1. The molecular formula is C20H17ClN2. The second kappa shape index (κ2) is 5.39. The van der Waals surface area contributed by atoms with Crippen molar-refractivity contribution in [2.75, 3.05) is 0 Å². The molecule has 0 aliphatic carbocycles. The number of aryl methyl sites for hydroxylation is 1. The van der Waals surface area contributed by atoms with E-state index in [1.807, 2.05) is 19.1 Å². The quantitative estimate of drug-likeness (QED) is 0.429. The summed E-state index contributed by atoms with van der Waals surface area (Å²) >= 11 is 6.51. The second-order valence-corrected chi connectivity index (χ2v) is 6.54. The molecule has 1 atom stereocenters. The standard InChI is InChI=1S/C20H17ClN2/c1-13-6-5-9-18-22-19(20(14(2)21)23(13)18)17-11-10-15-7-3-4-8-16(15)12-17/h3-12,14H,1-2H3. The summed E-state index contributed by atoms with van der Waals surface area (Å²) in [7, 11) is 0. The highest BCUT2D eigenvalue weighted by Crippen LogP contribution is 2.34. The first-order valence-corrected chi connectivity index (χ1v) is 8.20. The fourth-order valence-corrected chi connectivity index (χ4v) is 3.40. The van der Waals surface area contributed by atoms with E-state index in [1.165, 1.54) is 10.8 Å². The molecule has 2 aromatic carbocycles. The molecule has 0 radical (unpaired) electrons. The molecule has 0 N–H and O–H groups in total. The van der Waals surface area contributed by atoms with Crippen molar-refractivity contribution in [2.45, 2.75) is 19.2 Å². The molecular weight excluding hydrogens is 304 g/mol. The molecule has 2 aromatic heterocycles. The Morgan fingerprint density at radius 1 is 0.957 bits per heavy atom. The van der Waals surface area contributed by atoms with Gasteiger partial charge in [0, 0.05) is 11.3 Å². The van der Waals surface area contributed by atoms with Crippen molar-refractivity contribution in [3.05, 3.63) is 72.1 Å². The first-order chi connectivity index (χ1) is 11.1. The first kappa shape index (κ1) is 14.3. The lowest BCUT2D eigenvalue weighted by Gasteiger charge is -2.10. The lowest BCUT2D eigenvalue weighted by atomic mass is 10.0. The van der Waals surface area contributed by atoms with Crippen LogP contribution in [0.4, 0.5) is 0 Å². The normalized spacial score (nSPS) is 12.8. The van der Waals surface area contributed by atoms with Gasteiger partial charge in [0.2, 0.25) is 0 Å². The highest BCUT2D eigenvalue weighted by atomic mass is 35.5. The summed E-state index contributed by atoms with van der Waals surface area (Å²) in [6.07, 6.45) is 0. The summed E-state index contributed by atoms with van der Waals surface area (Å²) in [6, 6.07) is 21.0. The maximum Gasteiger partial charge on any atom is 0.137 e. The van der Waals surface area contributed by atoms with Gasteiger partial charge in [0.15, 0.2) is 0 Å². The average Bonchev–Trinajstić information content (AvgIpc) is 2.95. The average molecular weight is 321 g/mol. The van der Waals surface area contributed by atoms with Crippen molar-refractivity contribution in [3.8, 4) is 11.3 Å². The van der Waals surface area contributed by atoms with E-state index in [0.717, 1.165) is 28.3 Å². The molecule has 0 fully saturated rings. The zero-order valence-corrected chi connectivity index (χ0v) is 13.9. The van der Waals surface area contributed by atoms with Crippen LogP contribution < -0.4 is 0 Å². The monoisotopic (exact) mass is 320 g/mol. The van der Waals surface area contributed by atoms with Crippen LogP contribution in [-0.2, 0) is 0 Å². The van der Waals surface area contributed by atoms with Gasteiger partial charge in [-0.25, -0.2) is 4.98 Å². The Hall–Kier alpha value is -2.32. The maximum absolute atomic E-state index is 6.51. The Morgan fingerprint density at radius 3 is 2.52 bits per heavy atom. The van der Waals surface area contributed by atoms with Gasteiger partial charge in [-0.05, 0) is 42.8 Å².